The highest BCUT2D eigenvalue weighted by atomic mass is 35.5. The van der Waals surface area contributed by atoms with Crippen LogP contribution in [-0.2, 0) is 4.79 Å². The van der Waals surface area contributed by atoms with E-state index in [0.29, 0.717) is 18.0 Å². The normalized spacial score (nSPS) is 14.2. The number of halogens is 1. The second-order valence-corrected chi connectivity index (χ2v) is 5.52. The van der Waals surface area contributed by atoms with Crippen LogP contribution in [0.3, 0.4) is 0 Å². The van der Waals surface area contributed by atoms with Crippen molar-refractivity contribution in [3.63, 3.8) is 0 Å². The number of hydrogen-bond acceptors (Lipinski definition) is 2. The third kappa shape index (κ3) is 4.84. The van der Waals surface area contributed by atoms with Crippen LogP contribution in [0, 0.1) is 5.92 Å². The predicted molar refractivity (Wildman–Crippen MR) is 78.3 cm³/mol. The maximum absolute atomic E-state index is 12.2. The fourth-order valence-electron chi connectivity index (χ4n) is 1.98. The number of hydrogen-bond donors (Lipinski definition) is 2. The van der Waals surface area contributed by atoms with Gasteiger partial charge in [0.1, 0.15) is 0 Å². The van der Waals surface area contributed by atoms with Crippen LogP contribution in [0.25, 0.3) is 0 Å². The Bertz CT molecular complexity index is 403. The summed E-state index contributed by atoms with van der Waals surface area (Å²) in [6.45, 7) is 6.20. The second kappa shape index (κ2) is 7.51. The lowest BCUT2D eigenvalue weighted by Crippen LogP contribution is -2.36. The summed E-state index contributed by atoms with van der Waals surface area (Å²) in [5, 5.41) is 13.0. The van der Waals surface area contributed by atoms with Crippen molar-refractivity contribution in [2.45, 2.75) is 39.2 Å². The zero-order valence-corrected chi connectivity index (χ0v) is 12.4. The average Bonchev–Trinajstić information content (AvgIpc) is 2.38. The molecule has 0 heterocycles. The molecule has 0 spiro atoms. The summed E-state index contributed by atoms with van der Waals surface area (Å²) < 4.78 is 0. The maximum Gasteiger partial charge on any atom is 0.227 e. The molecule has 19 heavy (non-hydrogen) atoms. The van der Waals surface area contributed by atoms with Crippen LogP contribution in [0.15, 0.2) is 24.3 Å². The van der Waals surface area contributed by atoms with Crippen LogP contribution in [0.2, 0.25) is 5.02 Å². The molecule has 2 atom stereocenters. The summed E-state index contributed by atoms with van der Waals surface area (Å²) in [5.74, 6) is -0.0916. The van der Waals surface area contributed by atoms with Crippen molar-refractivity contribution < 1.29 is 9.90 Å². The third-order valence-corrected chi connectivity index (χ3v) is 3.41. The van der Waals surface area contributed by atoms with Crippen molar-refractivity contribution in [3.05, 3.63) is 34.9 Å². The first-order valence-corrected chi connectivity index (χ1v) is 7.04. The van der Waals surface area contributed by atoms with Gasteiger partial charge in [-0.3, -0.25) is 4.79 Å². The van der Waals surface area contributed by atoms with Crippen LogP contribution >= 0.6 is 11.6 Å². The molecule has 0 fully saturated rings. The van der Waals surface area contributed by atoms with Crippen molar-refractivity contribution in [2.24, 2.45) is 5.92 Å². The van der Waals surface area contributed by atoms with Gasteiger partial charge in [0.25, 0.3) is 0 Å². The Hall–Kier alpha value is -1.06. The van der Waals surface area contributed by atoms with E-state index in [1.165, 1.54) is 0 Å². The van der Waals surface area contributed by atoms with Gasteiger partial charge in [-0.2, -0.15) is 0 Å². The SMILES string of the molecule is CCC(O)CNC(=O)C(c1ccc(Cl)cc1)C(C)C. The fourth-order valence-corrected chi connectivity index (χ4v) is 2.11. The molecular formula is C15H22ClNO2. The molecule has 2 N–H and O–H groups in total. The Morgan fingerprint density at radius 3 is 2.37 bits per heavy atom. The quantitative estimate of drug-likeness (QED) is 0.843. The monoisotopic (exact) mass is 283 g/mol. The van der Waals surface area contributed by atoms with Crippen molar-refractivity contribution in [2.75, 3.05) is 6.54 Å². The van der Waals surface area contributed by atoms with E-state index in [4.69, 9.17) is 11.6 Å². The average molecular weight is 284 g/mol. The van der Waals surface area contributed by atoms with Gasteiger partial charge in [0, 0.05) is 11.6 Å². The lowest BCUT2D eigenvalue weighted by molar-refractivity contribution is -0.124. The van der Waals surface area contributed by atoms with Gasteiger partial charge < -0.3 is 10.4 Å². The molecule has 0 aliphatic carbocycles. The minimum absolute atomic E-state index is 0.0511. The summed E-state index contributed by atoms with van der Waals surface area (Å²) in [5.41, 5.74) is 0.947. The number of amides is 1. The molecule has 4 heteroatoms. The first-order valence-electron chi connectivity index (χ1n) is 6.67. The highest BCUT2D eigenvalue weighted by Crippen LogP contribution is 2.25. The molecular weight excluding hydrogens is 262 g/mol. The minimum atomic E-state index is -0.484. The van der Waals surface area contributed by atoms with Gasteiger partial charge in [-0.05, 0) is 30.0 Å². The smallest absolute Gasteiger partial charge is 0.227 e. The Morgan fingerprint density at radius 1 is 1.32 bits per heavy atom. The molecule has 1 aromatic rings. The minimum Gasteiger partial charge on any atom is -0.391 e. The van der Waals surface area contributed by atoms with E-state index in [0.717, 1.165) is 5.56 Å². The van der Waals surface area contributed by atoms with E-state index in [2.05, 4.69) is 5.32 Å². The highest BCUT2D eigenvalue weighted by molar-refractivity contribution is 6.30. The Morgan fingerprint density at radius 2 is 1.89 bits per heavy atom. The molecule has 0 radical (unpaired) electrons. The van der Waals surface area contributed by atoms with Crippen LogP contribution in [0.4, 0.5) is 0 Å². The van der Waals surface area contributed by atoms with Gasteiger partial charge in [0.05, 0.1) is 12.0 Å². The highest BCUT2D eigenvalue weighted by Gasteiger charge is 2.24. The molecule has 1 amide bonds. The molecule has 0 saturated carbocycles. The molecule has 2 unspecified atom stereocenters. The summed E-state index contributed by atoms with van der Waals surface area (Å²) in [7, 11) is 0. The largest absolute Gasteiger partial charge is 0.391 e. The van der Waals surface area contributed by atoms with E-state index in [1.54, 1.807) is 12.1 Å². The molecule has 106 valence electrons. The lowest BCUT2D eigenvalue weighted by Gasteiger charge is -2.21. The molecule has 0 saturated heterocycles. The predicted octanol–water partition coefficient (Wildman–Crippen LogP) is 2.97. The Balaban J connectivity index is 2.77. The van der Waals surface area contributed by atoms with E-state index in [1.807, 2.05) is 32.9 Å². The molecule has 1 rings (SSSR count). The van der Waals surface area contributed by atoms with Crippen LogP contribution in [-0.4, -0.2) is 23.7 Å². The summed E-state index contributed by atoms with van der Waals surface area (Å²) in [4.78, 5) is 12.2. The first-order chi connectivity index (χ1) is 8.95. The molecule has 0 aromatic heterocycles. The second-order valence-electron chi connectivity index (χ2n) is 5.08. The van der Waals surface area contributed by atoms with Crippen LogP contribution in [0.1, 0.15) is 38.7 Å². The van der Waals surface area contributed by atoms with Gasteiger partial charge in [-0.15, -0.1) is 0 Å². The van der Waals surface area contributed by atoms with Crippen molar-refractivity contribution >= 4 is 17.5 Å². The fraction of sp³-hybridized carbons (Fsp3) is 0.533. The van der Waals surface area contributed by atoms with Gasteiger partial charge >= 0.3 is 0 Å². The van der Waals surface area contributed by atoms with Crippen molar-refractivity contribution in [1.82, 2.24) is 5.32 Å². The number of benzene rings is 1. The van der Waals surface area contributed by atoms with Gasteiger partial charge in [0.15, 0.2) is 0 Å². The number of nitrogens with one attached hydrogen (secondary N) is 1. The maximum atomic E-state index is 12.2. The van der Waals surface area contributed by atoms with Crippen LogP contribution < -0.4 is 5.32 Å². The zero-order chi connectivity index (χ0) is 14.4. The molecule has 1 aromatic carbocycles. The topological polar surface area (TPSA) is 49.3 Å². The summed E-state index contributed by atoms with van der Waals surface area (Å²) in [6, 6.07) is 7.34. The molecule has 0 aliphatic rings. The number of carbonyl (C=O) groups excluding carboxylic acids is 1. The van der Waals surface area contributed by atoms with Crippen molar-refractivity contribution in [1.29, 1.82) is 0 Å². The summed E-state index contributed by atoms with van der Waals surface area (Å²) in [6.07, 6.45) is 0.148. The third-order valence-electron chi connectivity index (χ3n) is 3.16. The first kappa shape index (κ1) is 16.0. The number of aliphatic hydroxyl groups is 1. The standard InChI is InChI=1S/C15H22ClNO2/c1-4-13(18)9-17-15(19)14(10(2)3)11-5-7-12(16)8-6-11/h5-8,10,13-14,18H,4,9H2,1-3H3,(H,17,19). The summed E-state index contributed by atoms with van der Waals surface area (Å²) >= 11 is 5.86. The van der Waals surface area contributed by atoms with Gasteiger partial charge in [-0.25, -0.2) is 0 Å². The Labute approximate surface area is 120 Å². The van der Waals surface area contributed by atoms with E-state index in [9.17, 15) is 9.90 Å². The van der Waals surface area contributed by atoms with Gasteiger partial charge in [-0.1, -0.05) is 44.5 Å². The zero-order valence-electron chi connectivity index (χ0n) is 11.7. The van der Waals surface area contributed by atoms with Crippen LogP contribution in [0.5, 0.6) is 0 Å². The number of rotatable bonds is 6. The number of aliphatic hydroxyl groups excluding tert-OH is 1. The lowest BCUT2D eigenvalue weighted by atomic mass is 9.87. The van der Waals surface area contributed by atoms with Gasteiger partial charge in [0.2, 0.25) is 5.91 Å². The van der Waals surface area contributed by atoms with E-state index < -0.39 is 6.10 Å². The number of carbonyl (C=O) groups is 1. The van der Waals surface area contributed by atoms with E-state index in [-0.39, 0.29) is 17.7 Å². The van der Waals surface area contributed by atoms with E-state index >= 15 is 0 Å². The van der Waals surface area contributed by atoms with Crippen molar-refractivity contribution in [3.8, 4) is 0 Å². The molecule has 0 aliphatic heterocycles. The Kier molecular flexibility index (Phi) is 6.32. The molecule has 0 bridgehead atoms. The molecule has 3 nitrogen and oxygen atoms in total.